The Morgan fingerprint density at radius 3 is 2.39 bits per heavy atom. The predicted octanol–water partition coefficient (Wildman–Crippen LogP) is 4.78. The molecule has 2 aromatic carbocycles. The molecule has 0 radical (unpaired) electrons. The number of halogens is 4. The summed E-state index contributed by atoms with van der Waals surface area (Å²) in [5, 5.41) is 26.9. The lowest BCUT2D eigenvalue weighted by Crippen LogP contribution is -2.52. The van der Waals surface area contributed by atoms with Crippen LogP contribution in [0.15, 0.2) is 48.7 Å². The van der Waals surface area contributed by atoms with Gasteiger partial charge in [-0.25, -0.2) is 9.37 Å². The number of nitrogens with zero attached hydrogens (tertiary/aromatic N) is 2. The van der Waals surface area contributed by atoms with E-state index >= 15 is 0 Å². The maximum absolute atomic E-state index is 15.0. The lowest BCUT2D eigenvalue weighted by Gasteiger charge is -2.32. The molecule has 4 aromatic rings. The molecule has 260 valence electrons. The average molecular weight is 685 g/mol. The summed E-state index contributed by atoms with van der Waals surface area (Å²) in [5.41, 5.74) is -6.29. The molecular formula is C35H36F4N4O6. The van der Waals surface area contributed by atoms with Crippen LogP contribution in [-0.2, 0) is 15.8 Å². The lowest BCUT2D eigenvalue weighted by molar-refractivity contribution is -0.265. The van der Waals surface area contributed by atoms with Gasteiger partial charge in [0, 0.05) is 34.8 Å². The summed E-state index contributed by atoms with van der Waals surface area (Å²) >= 11 is 0. The minimum atomic E-state index is -5.39. The first-order valence-corrected chi connectivity index (χ1v) is 15.2. The van der Waals surface area contributed by atoms with E-state index in [0.717, 1.165) is 17.7 Å². The minimum Gasteiger partial charge on any atom is -0.494 e. The Hall–Kier alpha value is -4.82. The van der Waals surface area contributed by atoms with Crippen molar-refractivity contribution in [2.45, 2.75) is 57.4 Å². The molecule has 0 saturated carbocycles. The number of carbonyl (C=O) groups is 2. The van der Waals surface area contributed by atoms with E-state index in [0.29, 0.717) is 10.9 Å². The van der Waals surface area contributed by atoms with Crippen LogP contribution in [0.1, 0.15) is 53.5 Å². The maximum atomic E-state index is 15.0. The summed E-state index contributed by atoms with van der Waals surface area (Å²) in [5.74, 6) is -1.99. The first-order valence-electron chi connectivity index (χ1n) is 15.2. The van der Waals surface area contributed by atoms with Gasteiger partial charge in [0.05, 0.1) is 24.9 Å². The molecule has 14 heteroatoms. The minimum absolute atomic E-state index is 0.0288. The number of ether oxygens (including phenoxy) is 2. The molecule has 2 amide bonds. The van der Waals surface area contributed by atoms with Crippen LogP contribution >= 0.6 is 0 Å². The monoisotopic (exact) mass is 684 g/mol. The van der Waals surface area contributed by atoms with Gasteiger partial charge in [0.1, 0.15) is 40.5 Å². The van der Waals surface area contributed by atoms with Crippen LogP contribution in [-0.4, -0.2) is 70.6 Å². The fourth-order valence-corrected chi connectivity index (χ4v) is 5.52. The molecule has 0 fully saturated rings. The normalized spacial score (nSPS) is 17.2. The summed E-state index contributed by atoms with van der Waals surface area (Å²) < 4.78 is 70.3. The molecular weight excluding hydrogens is 648 g/mol. The van der Waals surface area contributed by atoms with Crippen LogP contribution < -0.4 is 20.1 Å². The molecule has 2 atom stereocenters. The van der Waals surface area contributed by atoms with E-state index in [9.17, 15) is 37.4 Å². The number of aryl methyl sites for hydroxylation is 2. The van der Waals surface area contributed by atoms with Gasteiger partial charge in [-0.2, -0.15) is 13.2 Å². The van der Waals surface area contributed by atoms with Crippen molar-refractivity contribution < 1.29 is 46.8 Å². The van der Waals surface area contributed by atoms with Gasteiger partial charge in [-0.05, 0) is 88.2 Å². The number of amides is 2. The van der Waals surface area contributed by atoms with E-state index in [-0.39, 0.29) is 52.6 Å². The van der Waals surface area contributed by atoms with Gasteiger partial charge < -0.3 is 30.3 Å². The Kier molecular flexibility index (Phi) is 9.10. The lowest BCUT2D eigenvalue weighted by atomic mass is 9.81. The average Bonchev–Trinajstić information content (AvgIpc) is 3.38. The molecule has 1 aliphatic heterocycles. The van der Waals surface area contributed by atoms with E-state index < -0.39 is 52.7 Å². The topological polar surface area (TPSA) is 143 Å². The van der Waals surface area contributed by atoms with E-state index in [1.807, 2.05) is 0 Å². The second kappa shape index (κ2) is 12.6. The number of fused-ring (bicyclic) bond motifs is 2. The smallest absolute Gasteiger partial charge is 0.424 e. The number of benzene rings is 2. The van der Waals surface area contributed by atoms with E-state index in [2.05, 4.69) is 20.6 Å². The number of carbonyl (C=O) groups excluding carboxylic acids is 2. The highest BCUT2D eigenvalue weighted by Gasteiger charge is 2.58. The number of hydrogen-bond donors (Lipinski definition) is 4. The number of methoxy groups -OCH3 is 1. The van der Waals surface area contributed by atoms with Crippen molar-refractivity contribution in [1.29, 1.82) is 0 Å². The SMILES string of the molecule is COc1cc(C(=O)NC[C@](O)(c2cc3c(c(-c4ccc(F)c(C)c4)n2)OC[C@]3(C)C(=O)NCC(C)(C)O)C(F)(F)F)cc2cc(C)cnc12. The van der Waals surface area contributed by atoms with Gasteiger partial charge in [-0.15, -0.1) is 0 Å². The van der Waals surface area contributed by atoms with Crippen molar-refractivity contribution in [2.75, 3.05) is 26.8 Å². The third-order valence-electron chi connectivity index (χ3n) is 8.45. The second-order valence-electron chi connectivity index (χ2n) is 13.1. The molecule has 5 rings (SSSR count). The molecule has 0 unspecified atom stereocenters. The zero-order chi connectivity index (χ0) is 36.1. The molecule has 10 nitrogen and oxygen atoms in total. The molecule has 49 heavy (non-hydrogen) atoms. The van der Waals surface area contributed by atoms with Crippen LogP contribution in [0.2, 0.25) is 0 Å². The highest BCUT2D eigenvalue weighted by Crippen LogP contribution is 2.48. The number of aliphatic hydroxyl groups is 2. The zero-order valence-corrected chi connectivity index (χ0v) is 27.7. The molecule has 3 heterocycles. The van der Waals surface area contributed by atoms with Crippen molar-refractivity contribution >= 4 is 22.7 Å². The Bertz CT molecular complexity index is 1960. The fourth-order valence-electron chi connectivity index (χ4n) is 5.52. The Labute approximate surface area is 279 Å². The van der Waals surface area contributed by atoms with Gasteiger partial charge in [0.2, 0.25) is 11.5 Å². The van der Waals surface area contributed by atoms with Crippen LogP contribution in [0.5, 0.6) is 11.5 Å². The van der Waals surface area contributed by atoms with Crippen molar-refractivity contribution in [3.05, 3.63) is 82.4 Å². The van der Waals surface area contributed by atoms with Crippen molar-refractivity contribution in [3.63, 3.8) is 0 Å². The summed E-state index contributed by atoms with van der Waals surface area (Å²) in [7, 11) is 1.36. The molecule has 0 spiro atoms. The highest BCUT2D eigenvalue weighted by atomic mass is 19.4. The maximum Gasteiger partial charge on any atom is 0.424 e. The van der Waals surface area contributed by atoms with Crippen molar-refractivity contribution in [1.82, 2.24) is 20.6 Å². The van der Waals surface area contributed by atoms with Gasteiger partial charge >= 0.3 is 6.18 Å². The Balaban J connectivity index is 1.61. The van der Waals surface area contributed by atoms with Gasteiger partial charge in [-0.1, -0.05) is 0 Å². The Morgan fingerprint density at radius 1 is 1.04 bits per heavy atom. The predicted molar refractivity (Wildman–Crippen MR) is 172 cm³/mol. The zero-order valence-electron chi connectivity index (χ0n) is 27.7. The molecule has 0 saturated heterocycles. The van der Waals surface area contributed by atoms with Gasteiger partial charge in [0.25, 0.3) is 5.91 Å². The van der Waals surface area contributed by atoms with E-state index in [1.165, 1.54) is 59.1 Å². The third kappa shape index (κ3) is 6.75. The number of rotatable bonds is 9. The summed E-state index contributed by atoms with van der Waals surface area (Å²) in [4.78, 5) is 35.3. The largest absolute Gasteiger partial charge is 0.494 e. The first-order chi connectivity index (χ1) is 22.8. The first kappa shape index (κ1) is 35.5. The molecule has 1 aliphatic rings. The van der Waals surface area contributed by atoms with Gasteiger partial charge in [-0.3, -0.25) is 14.6 Å². The molecule has 4 N–H and O–H groups in total. The summed E-state index contributed by atoms with van der Waals surface area (Å²) in [6.45, 7) is 5.78. The quantitative estimate of drug-likeness (QED) is 0.185. The summed E-state index contributed by atoms with van der Waals surface area (Å²) in [6.07, 6.45) is -3.79. The standard InChI is InChI=1S/C35H36F4N4O6/c1-18-9-21-11-22(12-25(48-6)27(21)40-14-18)30(44)41-16-34(47,35(37,38)39)26-13-23-29(28(43-26)20-7-8-24(36)19(2)10-20)49-17-33(23,5)31(45)42-15-32(3,4)46/h7-14,46-47H,15-17H2,1-6H3,(H,41,44)(H,42,45)/t33-,34-/m0/s1. The number of alkyl halides is 3. The third-order valence-corrected chi connectivity index (χ3v) is 8.45. The van der Waals surface area contributed by atoms with Crippen LogP contribution in [0.3, 0.4) is 0 Å². The number of pyridine rings is 2. The van der Waals surface area contributed by atoms with Crippen LogP contribution in [0.25, 0.3) is 22.2 Å². The van der Waals surface area contributed by atoms with E-state index in [1.54, 1.807) is 19.2 Å². The second-order valence-corrected chi connectivity index (χ2v) is 13.1. The number of aromatic nitrogens is 2. The van der Waals surface area contributed by atoms with E-state index in [4.69, 9.17) is 9.47 Å². The Morgan fingerprint density at radius 2 is 1.76 bits per heavy atom. The highest BCUT2D eigenvalue weighted by molar-refractivity contribution is 6.00. The molecule has 0 aliphatic carbocycles. The number of hydrogen-bond acceptors (Lipinski definition) is 8. The molecule has 2 aromatic heterocycles. The van der Waals surface area contributed by atoms with Crippen molar-refractivity contribution in [2.24, 2.45) is 0 Å². The van der Waals surface area contributed by atoms with Crippen LogP contribution in [0.4, 0.5) is 17.6 Å². The molecule has 0 bridgehead atoms. The summed E-state index contributed by atoms with van der Waals surface area (Å²) in [6, 6.07) is 9.19. The number of nitrogens with one attached hydrogen (secondary N) is 2. The fraction of sp³-hybridized carbons (Fsp3) is 0.371. The van der Waals surface area contributed by atoms with Crippen LogP contribution in [0, 0.1) is 19.7 Å². The van der Waals surface area contributed by atoms with Gasteiger partial charge in [0.15, 0.2) is 0 Å². The van der Waals surface area contributed by atoms with Crippen molar-refractivity contribution in [3.8, 4) is 22.8 Å².